The van der Waals surface area contributed by atoms with Crippen LogP contribution in [0.4, 0.5) is 0 Å². The van der Waals surface area contributed by atoms with Crippen molar-refractivity contribution in [2.45, 2.75) is 38.5 Å². The van der Waals surface area contributed by atoms with Gasteiger partial charge >= 0.3 is 0 Å². The van der Waals surface area contributed by atoms with Crippen LogP contribution in [0, 0.1) is 5.92 Å². The van der Waals surface area contributed by atoms with Gasteiger partial charge in [-0.3, -0.25) is 9.36 Å². The molecule has 1 amide bonds. The largest absolute Gasteiger partial charge is 0.467 e. The van der Waals surface area contributed by atoms with Crippen molar-refractivity contribution in [3.05, 3.63) is 53.4 Å². The molecule has 1 atom stereocenters. The zero-order chi connectivity index (χ0) is 20.1. The van der Waals surface area contributed by atoms with Gasteiger partial charge in [-0.05, 0) is 49.2 Å². The number of nitrogens with zero attached hydrogens (tertiary/aromatic N) is 3. The van der Waals surface area contributed by atoms with Crippen LogP contribution < -0.4 is 5.32 Å². The topological polar surface area (TPSA) is 73.0 Å². The third-order valence-electron chi connectivity index (χ3n) is 4.43. The van der Waals surface area contributed by atoms with Crippen molar-refractivity contribution in [3.8, 4) is 11.4 Å². The normalized spacial score (nSPS) is 12.3. The van der Waals surface area contributed by atoms with E-state index in [1.165, 1.54) is 11.8 Å². The Morgan fingerprint density at radius 3 is 2.61 bits per heavy atom. The number of carbonyl (C=O) groups is 1. The number of carbonyl (C=O) groups excluding carboxylic acids is 1. The van der Waals surface area contributed by atoms with Crippen molar-refractivity contribution in [1.82, 2.24) is 20.1 Å². The first-order valence-corrected chi connectivity index (χ1v) is 10.4. The number of benzene rings is 1. The van der Waals surface area contributed by atoms with Crippen LogP contribution in [0.3, 0.4) is 0 Å². The molecule has 28 heavy (non-hydrogen) atoms. The molecule has 0 saturated heterocycles. The highest BCUT2D eigenvalue weighted by atomic mass is 35.5. The van der Waals surface area contributed by atoms with Gasteiger partial charge in [0.1, 0.15) is 5.76 Å². The Balaban J connectivity index is 1.80. The lowest BCUT2D eigenvalue weighted by atomic mass is 10.1. The minimum atomic E-state index is -0.0215. The van der Waals surface area contributed by atoms with E-state index in [1.807, 2.05) is 47.9 Å². The third kappa shape index (κ3) is 5.17. The molecule has 0 radical (unpaired) electrons. The van der Waals surface area contributed by atoms with Crippen LogP contribution in [0.25, 0.3) is 11.4 Å². The van der Waals surface area contributed by atoms with E-state index < -0.39 is 0 Å². The average Bonchev–Trinajstić information content (AvgIpc) is 3.31. The minimum Gasteiger partial charge on any atom is -0.467 e. The van der Waals surface area contributed by atoms with Gasteiger partial charge in [0, 0.05) is 16.6 Å². The van der Waals surface area contributed by atoms with Crippen LogP contribution in [0.1, 0.15) is 26.5 Å². The number of thioether (sulfide) groups is 1. The summed E-state index contributed by atoms with van der Waals surface area (Å²) in [6.45, 7) is 6.64. The highest BCUT2D eigenvalue weighted by Crippen LogP contribution is 2.26. The van der Waals surface area contributed by atoms with Crippen molar-refractivity contribution in [2.75, 3.05) is 5.75 Å². The summed E-state index contributed by atoms with van der Waals surface area (Å²) in [4.78, 5) is 12.3. The highest BCUT2D eigenvalue weighted by molar-refractivity contribution is 7.99. The van der Waals surface area contributed by atoms with E-state index in [4.69, 9.17) is 16.0 Å². The molecule has 0 bridgehead atoms. The molecule has 0 aliphatic carbocycles. The van der Waals surface area contributed by atoms with E-state index in [2.05, 4.69) is 29.4 Å². The van der Waals surface area contributed by atoms with Gasteiger partial charge in [-0.15, -0.1) is 10.2 Å². The molecule has 148 valence electrons. The van der Waals surface area contributed by atoms with Crippen LogP contribution in [-0.2, 0) is 11.3 Å². The zero-order valence-electron chi connectivity index (χ0n) is 16.1. The van der Waals surface area contributed by atoms with E-state index in [0.29, 0.717) is 28.5 Å². The Labute approximate surface area is 173 Å². The van der Waals surface area contributed by atoms with Crippen LogP contribution in [-0.4, -0.2) is 32.5 Å². The number of rotatable bonds is 8. The fourth-order valence-corrected chi connectivity index (χ4v) is 3.38. The second-order valence-corrected chi connectivity index (χ2v) is 8.25. The van der Waals surface area contributed by atoms with E-state index in [-0.39, 0.29) is 17.7 Å². The summed E-state index contributed by atoms with van der Waals surface area (Å²) >= 11 is 7.36. The quantitative estimate of drug-likeness (QED) is 0.545. The molecule has 0 spiro atoms. The number of hydrogen-bond donors (Lipinski definition) is 1. The Morgan fingerprint density at radius 2 is 1.96 bits per heavy atom. The predicted octanol–water partition coefficient (Wildman–Crippen LogP) is 4.49. The number of hydrogen-bond acceptors (Lipinski definition) is 5. The first-order chi connectivity index (χ1) is 13.4. The molecule has 1 N–H and O–H groups in total. The lowest BCUT2D eigenvalue weighted by molar-refractivity contribution is -0.119. The zero-order valence-corrected chi connectivity index (χ0v) is 17.6. The molecule has 3 rings (SSSR count). The Morgan fingerprint density at radius 1 is 1.21 bits per heavy atom. The van der Waals surface area contributed by atoms with Crippen LogP contribution >= 0.6 is 23.4 Å². The number of furan rings is 1. The number of aromatic nitrogens is 3. The second-order valence-electron chi connectivity index (χ2n) is 6.87. The molecule has 0 aliphatic heterocycles. The maximum Gasteiger partial charge on any atom is 0.230 e. The van der Waals surface area contributed by atoms with Crippen molar-refractivity contribution < 1.29 is 9.21 Å². The molecule has 2 heterocycles. The van der Waals surface area contributed by atoms with Gasteiger partial charge in [-0.2, -0.15) is 0 Å². The van der Waals surface area contributed by atoms with Gasteiger partial charge < -0.3 is 9.73 Å². The molecule has 8 heteroatoms. The Bertz CT molecular complexity index is 907. The summed E-state index contributed by atoms with van der Waals surface area (Å²) in [7, 11) is 0. The van der Waals surface area contributed by atoms with Gasteiger partial charge in [0.2, 0.25) is 5.91 Å². The van der Waals surface area contributed by atoms with E-state index in [1.54, 1.807) is 6.26 Å². The lowest BCUT2D eigenvalue weighted by Crippen LogP contribution is -2.37. The lowest BCUT2D eigenvalue weighted by Gasteiger charge is -2.17. The summed E-state index contributed by atoms with van der Waals surface area (Å²) in [5.41, 5.74) is 0.896. The van der Waals surface area contributed by atoms with Crippen LogP contribution in [0.2, 0.25) is 5.02 Å². The predicted molar refractivity (Wildman–Crippen MR) is 111 cm³/mol. The van der Waals surface area contributed by atoms with Gasteiger partial charge in [-0.1, -0.05) is 37.2 Å². The van der Waals surface area contributed by atoms with Crippen LogP contribution in [0.5, 0.6) is 0 Å². The maximum absolute atomic E-state index is 12.3. The standard InChI is InChI=1S/C20H23ClN4O2S/c1-13(2)14(3)22-18(26)12-28-20-24-23-19(15-6-8-16(21)9-7-15)25(20)11-17-5-4-10-27-17/h4-10,13-14H,11-12H2,1-3H3,(H,22,26). The van der Waals surface area contributed by atoms with Gasteiger partial charge in [0.05, 0.1) is 18.6 Å². The summed E-state index contributed by atoms with van der Waals surface area (Å²) in [6, 6.07) is 11.3. The molecule has 0 aliphatic rings. The molecular formula is C20H23ClN4O2S. The third-order valence-corrected chi connectivity index (χ3v) is 5.65. The molecule has 1 aromatic carbocycles. The van der Waals surface area contributed by atoms with Crippen molar-refractivity contribution >= 4 is 29.3 Å². The monoisotopic (exact) mass is 418 g/mol. The summed E-state index contributed by atoms with van der Waals surface area (Å²) in [5.74, 6) is 2.12. The number of halogens is 1. The van der Waals surface area contributed by atoms with Crippen molar-refractivity contribution in [2.24, 2.45) is 5.92 Å². The second kappa shape index (κ2) is 9.30. The van der Waals surface area contributed by atoms with E-state index in [9.17, 15) is 4.79 Å². The SMILES string of the molecule is CC(C)C(C)NC(=O)CSc1nnc(-c2ccc(Cl)cc2)n1Cc1ccco1. The van der Waals surface area contributed by atoms with Crippen LogP contribution in [0.15, 0.2) is 52.2 Å². The highest BCUT2D eigenvalue weighted by Gasteiger charge is 2.18. The molecule has 1 unspecified atom stereocenters. The van der Waals surface area contributed by atoms with E-state index in [0.717, 1.165) is 11.3 Å². The van der Waals surface area contributed by atoms with Gasteiger partial charge in [-0.25, -0.2) is 0 Å². The first-order valence-electron chi connectivity index (χ1n) is 9.07. The molecular weight excluding hydrogens is 396 g/mol. The Hall–Kier alpha value is -2.25. The fourth-order valence-electron chi connectivity index (χ4n) is 2.50. The maximum atomic E-state index is 12.3. The minimum absolute atomic E-state index is 0.0215. The van der Waals surface area contributed by atoms with E-state index >= 15 is 0 Å². The summed E-state index contributed by atoms with van der Waals surface area (Å²) < 4.78 is 7.44. The van der Waals surface area contributed by atoms with Gasteiger partial charge in [0.15, 0.2) is 11.0 Å². The smallest absolute Gasteiger partial charge is 0.230 e. The molecule has 6 nitrogen and oxygen atoms in total. The Kier molecular flexibility index (Phi) is 6.80. The molecule has 3 aromatic rings. The summed E-state index contributed by atoms with van der Waals surface area (Å²) in [5, 5.41) is 13.0. The average molecular weight is 419 g/mol. The molecule has 0 fully saturated rings. The van der Waals surface area contributed by atoms with Crippen molar-refractivity contribution in [1.29, 1.82) is 0 Å². The molecule has 0 saturated carbocycles. The summed E-state index contributed by atoms with van der Waals surface area (Å²) in [6.07, 6.45) is 1.63. The van der Waals surface area contributed by atoms with Gasteiger partial charge in [0.25, 0.3) is 0 Å². The first kappa shape index (κ1) is 20.5. The molecule has 2 aromatic heterocycles. The number of amides is 1. The fraction of sp³-hybridized carbons (Fsp3) is 0.350. The van der Waals surface area contributed by atoms with Crippen molar-refractivity contribution in [3.63, 3.8) is 0 Å². The number of nitrogens with one attached hydrogen (secondary N) is 1.